The number of nitrogens with one attached hydrogen (secondary N) is 1. The van der Waals surface area contributed by atoms with Crippen LogP contribution in [0.4, 0.5) is 0 Å². The van der Waals surface area contributed by atoms with Gasteiger partial charge in [-0.1, -0.05) is 36.4 Å². The van der Waals surface area contributed by atoms with Crippen LogP contribution in [0.2, 0.25) is 0 Å². The molecule has 4 nitrogen and oxygen atoms in total. The second-order valence-electron chi connectivity index (χ2n) is 3.94. The number of carbonyl (C=O) groups is 1. The highest BCUT2D eigenvalue weighted by Crippen LogP contribution is 2.12. The molecule has 1 amide bonds. The summed E-state index contributed by atoms with van der Waals surface area (Å²) in [6.07, 6.45) is 0. The first kappa shape index (κ1) is 13.1. The zero-order chi connectivity index (χ0) is 13.5. The molecule has 2 aromatic carbocycles. The molecule has 0 atom stereocenters. The van der Waals surface area contributed by atoms with Crippen LogP contribution in [0.25, 0.3) is 0 Å². The monoisotopic (exact) mass is 257 g/mol. The van der Waals surface area contributed by atoms with Gasteiger partial charge in [0.1, 0.15) is 5.75 Å². The number of hydrogen-bond acceptors (Lipinski definition) is 3. The Balaban J connectivity index is 1.87. The summed E-state index contributed by atoms with van der Waals surface area (Å²) in [7, 11) is 1.56. The van der Waals surface area contributed by atoms with Crippen molar-refractivity contribution < 1.29 is 14.4 Å². The molecule has 0 aliphatic carbocycles. The molecule has 1 N–H and O–H groups in total. The Hall–Kier alpha value is -2.33. The molecule has 0 unspecified atom stereocenters. The van der Waals surface area contributed by atoms with Crippen LogP contribution in [0.15, 0.2) is 54.6 Å². The highest BCUT2D eigenvalue weighted by molar-refractivity contribution is 5.93. The van der Waals surface area contributed by atoms with Gasteiger partial charge < -0.3 is 4.74 Å². The minimum absolute atomic E-state index is 0.296. The second-order valence-corrected chi connectivity index (χ2v) is 3.94. The Kier molecular flexibility index (Phi) is 4.53. The van der Waals surface area contributed by atoms with Crippen molar-refractivity contribution in [3.05, 3.63) is 65.7 Å². The van der Waals surface area contributed by atoms with Crippen LogP contribution in [0.3, 0.4) is 0 Å². The minimum atomic E-state index is -0.296. The molecule has 2 aromatic rings. The average molecular weight is 257 g/mol. The van der Waals surface area contributed by atoms with Gasteiger partial charge in [-0.15, -0.1) is 0 Å². The van der Waals surface area contributed by atoms with Crippen molar-refractivity contribution in [2.24, 2.45) is 0 Å². The van der Waals surface area contributed by atoms with Crippen LogP contribution in [-0.4, -0.2) is 13.0 Å². The summed E-state index contributed by atoms with van der Waals surface area (Å²) >= 11 is 0. The topological polar surface area (TPSA) is 47.6 Å². The Morgan fingerprint density at radius 3 is 2.63 bits per heavy atom. The molecular formula is C15H15NO3. The lowest BCUT2D eigenvalue weighted by Gasteiger charge is -2.07. The highest BCUT2D eigenvalue weighted by Gasteiger charge is 2.06. The zero-order valence-electron chi connectivity index (χ0n) is 10.6. The first-order valence-electron chi connectivity index (χ1n) is 5.89. The number of rotatable bonds is 5. The molecular weight excluding hydrogens is 242 g/mol. The number of hydrogen-bond donors (Lipinski definition) is 1. The van der Waals surface area contributed by atoms with Crippen LogP contribution >= 0.6 is 0 Å². The number of methoxy groups -OCH3 is 1. The van der Waals surface area contributed by atoms with Gasteiger partial charge in [0.05, 0.1) is 13.7 Å². The third kappa shape index (κ3) is 3.82. The summed E-state index contributed by atoms with van der Waals surface area (Å²) in [5.41, 5.74) is 3.89. The lowest BCUT2D eigenvalue weighted by molar-refractivity contribution is 0.0233. The lowest BCUT2D eigenvalue weighted by atomic mass is 10.2. The Morgan fingerprint density at radius 1 is 1.11 bits per heavy atom. The highest BCUT2D eigenvalue weighted by atomic mass is 16.6. The van der Waals surface area contributed by atoms with Crippen molar-refractivity contribution in [2.45, 2.75) is 6.61 Å². The molecule has 0 aromatic heterocycles. The lowest BCUT2D eigenvalue weighted by Crippen LogP contribution is -2.23. The fraction of sp³-hybridized carbons (Fsp3) is 0.133. The molecule has 0 spiro atoms. The number of amides is 1. The summed E-state index contributed by atoms with van der Waals surface area (Å²) in [6.45, 7) is 0.330. The molecule has 0 fully saturated rings. The van der Waals surface area contributed by atoms with Gasteiger partial charge in [-0.05, 0) is 23.8 Å². The molecule has 0 radical (unpaired) electrons. The van der Waals surface area contributed by atoms with Gasteiger partial charge in [0, 0.05) is 5.56 Å². The number of hydroxylamine groups is 1. The van der Waals surface area contributed by atoms with Gasteiger partial charge in [-0.25, -0.2) is 5.48 Å². The van der Waals surface area contributed by atoms with E-state index in [2.05, 4.69) is 5.48 Å². The van der Waals surface area contributed by atoms with E-state index in [0.29, 0.717) is 17.9 Å². The van der Waals surface area contributed by atoms with E-state index in [0.717, 1.165) is 5.56 Å². The average Bonchev–Trinajstić information content (AvgIpc) is 2.48. The predicted octanol–water partition coefficient (Wildman–Crippen LogP) is 2.56. The molecule has 4 heteroatoms. The van der Waals surface area contributed by atoms with E-state index >= 15 is 0 Å². The normalized spacial score (nSPS) is 9.95. The van der Waals surface area contributed by atoms with Crippen molar-refractivity contribution in [3.8, 4) is 5.75 Å². The molecule has 0 aliphatic heterocycles. The predicted molar refractivity (Wildman–Crippen MR) is 71.7 cm³/mol. The van der Waals surface area contributed by atoms with Crippen LogP contribution in [0, 0.1) is 0 Å². The van der Waals surface area contributed by atoms with Crippen LogP contribution in [-0.2, 0) is 11.4 Å². The molecule has 0 bridgehead atoms. The van der Waals surface area contributed by atoms with Gasteiger partial charge in [0.15, 0.2) is 0 Å². The number of carbonyl (C=O) groups excluding carboxylic acids is 1. The molecule has 0 saturated carbocycles. The number of ether oxygens (including phenoxy) is 1. The Labute approximate surface area is 111 Å². The van der Waals surface area contributed by atoms with E-state index in [1.54, 1.807) is 31.4 Å². The largest absolute Gasteiger partial charge is 0.497 e. The van der Waals surface area contributed by atoms with Gasteiger partial charge in [-0.2, -0.15) is 0 Å². The van der Waals surface area contributed by atoms with Gasteiger partial charge in [0.2, 0.25) is 0 Å². The van der Waals surface area contributed by atoms with Crippen molar-refractivity contribution in [1.82, 2.24) is 5.48 Å². The quantitative estimate of drug-likeness (QED) is 0.837. The van der Waals surface area contributed by atoms with E-state index in [1.165, 1.54) is 0 Å². The fourth-order valence-electron chi connectivity index (χ4n) is 1.58. The van der Waals surface area contributed by atoms with Crippen molar-refractivity contribution in [3.63, 3.8) is 0 Å². The van der Waals surface area contributed by atoms with Crippen molar-refractivity contribution in [2.75, 3.05) is 7.11 Å². The van der Waals surface area contributed by atoms with Crippen LogP contribution < -0.4 is 10.2 Å². The third-order valence-electron chi connectivity index (χ3n) is 2.58. The Morgan fingerprint density at radius 2 is 1.89 bits per heavy atom. The summed E-state index contributed by atoms with van der Waals surface area (Å²) in [6, 6.07) is 16.5. The van der Waals surface area contributed by atoms with Gasteiger partial charge in [-0.3, -0.25) is 9.63 Å². The zero-order valence-corrected chi connectivity index (χ0v) is 10.6. The van der Waals surface area contributed by atoms with Crippen LogP contribution in [0.5, 0.6) is 5.75 Å². The van der Waals surface area contributed by atoms with Crippen molar-refractivity contribution in [1.29, 1.82) is 0 Å². The SMILES string of the molecule is COc1cccc(C(=O)NOCc2ccccc2)c1. The Bertz CT molecular complexity index is 540. The maximum absolute atomic E-state index is 11.8. The van der Waals surface area contributed by atoms with Crippen molar-refractivity contribution >= 4 is 5.91 Å². The second kappa shape index (κ2) is 6.56. The van der Waals surface area contributed by atoms with Gasteiger partial charge in [0.25, 0.3) is 5.91 Å². The first-order chi connectivity index (χ1) is 9.29. The molecule has 19 heavy (non-hydrogen) atoms. The molecule has 2 rings (SSSR count). The van der Waals surface area contributed by atoms with Crippen LogP contribution in [0.1, 0.15) is 15.9 Å². The summed E-state index contributed by atoms with van der Waals surface area (Å²) in [4.78, 5) is 17.0. The fourth-order valence-corrected chi connectivity index (χ4v) is 1.58. The standard InChI is InChI=1S/C15H15NO3/c1-18-14-9-5-8-13(10-14)15(17)16-19-11-12-6-3-2-4-7-12/h2-10H,11H2,1H3,(H,16,17). The minimum Gasteiger partial charge on any atom is -0.497 e. The number of benzene rings is 2. The molecule has 98 valence electrons. The van der Waals surface area contributed by atoms with E-state index < -0.39 is 0 Å². The first-order valence-corrected chi connectivity index (χ1v) is 5.89. The summed E-state index contributed by atoms with van der Waals surface area (Å²) < 4.78 is 5.06. The molecule has 0 aliphatic rings. The molecule has 0 heterocycles. The summed E-state index contributed by atoms with van der Waals surface area (Å²) in [5.74, 6) is 0.338. The maximum Gasteiger partial charge on any atom is 0.274 e. The third-order valence-corrected chi connectivity index (χ3v) is 2.58. The van der Waals surface area contributed by atoms with E-state index in [-0.39, 0.29) is 5.91 Å². The van der Waals surface area contributed by atoms with Gasteiger partial charge >= 0.3 is 0 Å². The molecule has 0 saturated heterocycles. The van der Waals surface area contributed by atoms with E-state index in [4.69, 9.17) is 9.57 Å². The summed E-state index contributed by atoms with van der Waals surface area (Å²) in [5, 5.41) is 0. The smallest absolute Gasteiger partial charge is 0.274 e. The van der Waals surface area contributed by atoms with E-state index in [1.807, 2.05) is 30.3 Å². The van der Waals surface area contributed by atoms with E-state index in [9.17, 15) is 4.79 Å². The maximum atomic E-state index is 11.8.